The lowest BCUT2D eigenvalue weighted by Gasteiger charge is -2.09. The van der Waals surface area contributed by atoms with E-state index in [9.17, 15) is 26.7 Å². The summed E-state index contributed by atoms with van der Waals surface area (Å²) in [5.41, 5.74) is -1.37. The second-order valence-corrected chi connectivity index (χ2v) is 3.84. The normalized spacial score (nSPS) is 11.0. The third kappa shape index (κ3) is 2.22. The van der Waals surface area contributed by atoms with Crippen LogP contribution in [-0.4, -0.2) is 25.8 Å². The van der Waals surface area contributed by atoms with Crippen LogP contribution >= 0.6 is 0 Å². The van der Waals surface area contributed by atoms with Gasteiger partial charge < -0.3 is 5.11 Å². The fourth-order valence-electron chi connectivity index (χ4n) is 1.62. The van der Waals surface area contributed by atoms with Crippen molar-refractivity contribution < 1.29 is 31.9 Å². The van der Waals surface area contributed by atoms with Crippen LogP contribution in [0, 0.1) is 29.1 Å². The number of carbonyl (C=O) groups is 1. The second-order valence-electron chi connectivity index (χ2n) is 3.84. The van der Waals surface area contributed by atoms with Crippen LogP contribution in [0.15, 0.2) is 0 Å². The number of halogens is 5. The molecule has 10 heteroatoms. The van der Waals surface area contributed by atoms with Crippen molar-refractivity contribution in [1.82, 2.24) is 14.8 Å². The van der Waals surface area contributed by atoms with E-state index in [1.807, 2.05) is 0 Å². The van der Waals surface area contributed by atoms with Gasteiger partial charge in [0, 0.05) is 6.42 Å². The third-order valence-corrected chi connectivity index (χ3v) is 2.58. The van der Waals surface area contributed by atoms with Crippen molar-refractivity contribution in [2.75, 3.05) is 0 Å². The van der Waals surface area contributed by atoms with Crippen molar-refractivity contribution in [3.8, 4) is 5.69 Å². The first kappa shape index (κ1) is 14.9. The molecule has 0 fully saturated rings. The molecule has 0 atom stereocenters. The standard InChI is InChI=1S/C11H6F5N3O2/c1-2-3-17-10(11(20)21)18-19(3)9-7(15)5(13)4(12)6(14)8(9)16/h2H2,1H3,(H,20,21). The average molecular weight is 307 g/mol. The fraction of sp³-hybridized carbons (Fsp3) is 0.182. The van der Waals surface area contributed by atoms with E-state index in [2.05, 4.69) is 10.1 Å². The first-order valence-electron chi connectivity index (χ1n) is 5.50. The van der Waals surface area contributed by atoms with Crippen LogP contribution in [0.2, 0.25) is 0 Å². The average Bonchev–Trinajstić information content (AvgIpc) is 2.87. The molecular weight excluding hydrogens is 301 g/mol. The van der Waals surface area contributed by atoms with E-state index in [4.69, 9.17) is 5.11 Å². The minimum absolute atomic E-state index is 0.0419. The van der Waals surface area contributed by atoms with Gasteiger partial charge in [-0.15, -0.1) is 5.10 Å². The quantitative estimate of drug-likeness (QED) is 0.536. The van der Waals surface area contributed by atoms with Crippen LogP contribution in [0.25, 0.3) is 5.69 Å². The Morgan fingerprint density at radius 1 is 1.05 bits per heavy atom. The van der Waals surface area contributed by atoms with Crippen molar-refractivity contribution in [2.45, 2.75) is 13.3 Å². The van der Waals surface area contributed by atoms with E-state index >= 15 is 0 Å². The van der Waals surface area contributed by atoms with E-state index < -0.39 is 46.6 Å². The molecule has 0 aliphatic heterocycles. The number of carboxylic acid groups (broad SMARTS) is 1. The van der Waals surface area contributed by atoms with Crippen molar-refractivity contribution in [3.05, 3.63) is 40.7 Å². The molecule has 0 aliphatic carbocycles. The summed E-state index contributed by atoms with van der Waals surface area (Å²) in [7, 11) is 0. The highest BCUT2D eigenvalue weighted by molar-refractivity contribution is 5.83. The zero-order valence-electron chi connectivity index (χ0n) is 10.3. The molecule has 2 aromatic rings. The molecule has 5 nitrogen and oxygen atoms in total. The third-order valence-electron chi connectivity index (χ3n) is 2.58. The van der Waals surface area contributed by atoms with Gasteiger partial charge in [-0.3, -0.25) is 0 Å². The molecule has 0 spiro atoms. The highest BCUT2D eigenvalue weighted by atomic mass is 19.2. The monoisotopic (exact) mass is 307 g/mol. The number of carboxylic acids is 1. The van der Waals surface area contributed by atoms with Crippen molar-refractivity contribution in [2.24, 2.45) is 0 Å². The van der Waals surface area contributed by atoms with Crippen LogP contribution < -0.4 is 0 Å². The van der Waals surface area contributed by atoms with E-state index in [0.29, 0.717) is 4.68 Å². The van der Waals surface area contributed by atoms with Gasteiger partial charge in [0.15, 0.2) is 23.3 Å². The Kier molecular flexibility index (Phi) is 3.62. The summed E-state index contributed by atoms with van der Waals surface area (Å²) < 4.78 is 66.9. The van der Waals surface area contributed by atoms with Gasteiger partial charge >= 0.3 is 5.97 Å². The van der Waals surface area contributed by atoms with Gasteiger partial charge in [0.1, 0.15) is 11.5 Å². The molecule has 0 amide bonds. The maximum absolute atomic E-state index is 13.7. The molecule has 1 aromatic carbocycles. The number of hydrogen-bond acceptors (Lipinski definition) is 3. The Hall–Kier alpha value is -2.52. The Bertz CT molecular complexity index is 715. The number of aryl methyl sites for hydroxylation is 1. The first-order valence-corrected chi connectivity index (χ1v) is 5.50. The SMILES string of the molecule is CCc1nc(C(=O)O)nn1-c1c(F)c(F)c(F)c(F)c1F. The lowest BCUT2D eigenvalue weighted by atomic mass is 10.2. The number of rotatable bonds is 3. The predicted molar refractivity (Wildman–Crippen MR) is 57.5 cm³/mol. The molecule has 2 rings (SSSR count). The first-order chi connectivity index (χ1) is 9.79. The van der Waals surface area contributed by atoms with Gasteiger partial charge in [-0.2, -0.15) is 0 Å². The summed E-state index contributed by atoms with van der Waals surface area (Å²) in [5.74, 6) is -13.6. The minimum atomic E-state index is -2.31. The van der Waals surface area contributed by atoms with Gasteiger partial charge in [-0.05, 0) is 0 Å². The van der Waals surface area contributed by atoms with Gasteiger partial charge in [-0.25, -0.2) is 36.4 Å². The molecule has 0 unspecified atom stereocenters. The van der Waals surface area contributed by atoms with Crippen molar-refractivity contribution in [1.29, 1.82) is 0 Å². The van der Waals surface area contributed by atoms with Crippen molar-refractivity contribution >= 4 is 5.97 Å². The van der Waals surface area contributed by atoms with Gasteiger partial charge in [0.25, 0.3) is 5.82 Å². The highest BCUT2D eigenvalue weighted by Crippen LogP contribution is 2.26. The number of benzene rings is 1. The van der Waals surface area contributed by atoms with Crippen LogP contribution in [0.1, 0.15) is 23.4 Å². The van der Waals surface area contributed by atoms with Gasteiger partial charge in [0.05, 0.1) is 0 Å². The lowest BCUT2D eigenvalue weighted by molar-refractivity contribution is 0.0683. The summed E-state index contributed by atoms with van der Waals surface area (Å²) in [5, 5.41) is 12.0. The predicted octanol–water partition coefficient (Wildman–Crippen LogP) is 2.22. The molecule has 0 saturated heterocycles. The molecular formula is C11H6F5N3O2. The molecule has 0 bridgehead atoms. The molecule has 21 heavy (non-hydrogen) atoms. The summed E-state index contributed by atoms with van der Waals surface area (Å²) in [6.45, 7) is 1.44. The molecule has 112 valence electrons. The Morgan fingerprint density at radius 3 is 1.95 bits per heavy atom. The summed E-state index contributed by atoms with van der Waals surface area (Å²) in [6, 6.07) is 0. The zero-order chi connectivity index (χ0) is 15.9. The minimum Gasteiger partial charge on any atom is -0.475 e. The fourth-order valence-corrected chi connectivity index (χ4v) is 1.62. The zero-order valence-corrected chi connectivity index (χ0v) is 10.3. The van der Waals surface area contributed by atoms with Crippen molar-refractivity contribution in [3.63, 3.8) is 0 Å². The summed E-state index contributed by atoms with van der Waals surface area (Å²) in [4.78, 5) is 14.2. The van der Waals surface area contributed by atoms with Gasteiger partial charge in [-0.1, -0.05) is 6.92 Å². The largest absolute Gasteiger partial charge is 0.475 e. The van der Waals surface area contributed by atoms with E-state index in [-0.39, 0.29) is 12.2 Å². The molecule has 0 radical (unpaired) electrons. The summed E-state index contributed by atoms with van der Waals surface area (Å²) >= 11 is 0. The van der Waals surface area contributed by atoms with Crippen LogP contribution in [0.4, 0.5) is 22.0 Å². The summed E-state index contributed by atoms with van der Waals surface area (Å²) in [6.07, 6.45) is -0.0419. The number of nitrogens with zero attached hydrogens (tertiary/aromatic N) is 3. The van der Waals surface area contributed by atoms with E-state index in [1.165, 1.54) is 6.92 Å². The Balaban J connectivity index is 2.82. The van der Waals surface area contributed by atoms with E-state index in [0.717, 1.165) is 0 Å². The van der Waals surface area contributed by atoms with Crippen LogP contribution in [0.3, 0.4) is 0 Å². The molecule has 0 aliphatic rings. The number of aromatic carboxylic acids is 1. The molecule has 1 heterocycles. The Labute approximate surface area is 113 Å². The number of aromatic nitrogens is 3. The Morgan fingerprint density at radius 2 is 1.52 bits per heavy atom. The highest BCUT2D eigenvalue weighted by Gasteiger charge is 2.29. The van der Waals surface area contributed by atoms with Crippen LogP contribution in [0.5, 0.6) is 0 Å². The molecule has 0 saturated carbocycles. The topological polar surface area (TPSA) is 68.0 Å². The molecule has 1 N–H and O–H groups in total. The molecule has 1 aromatic heterocycles. The van der Waals surface area contributed by atoms with Gasteiger partial charge in [0.2, 0.25) is 5.82 Å². The lowest BCUT2D eigenvalue weighted by Crippen LogP contribution is -2.13. The smallest absolute Gasteiger partial charge is 0.375 e. The van der Waals surface area contributed by atoms with Crippen LogP contribution in [-0.2, 0) is 6.42 Å². The maximum Gasteiger partial charge on any atom is 0.375 e. The maximum atomic E-state index is 13.7. The number of hydrogen-bond donors (Lipinski definition) is 1. The second kappa shape index (κ2) is 5.11. The van der Waals surface area contributed by atoms with E-state index in [1.54, 1.807) is 0 Å².